The first-order chi connectivity index (χ1) is 10.5. The van der Waals surface area contributed by atoms with Crippen LogP contribution in [-0.2, 0) is 4.79 Å². The molecule has 0 N–H and O–H groups in total. The van der Waals surface area contributed by atoms with Crippen molar-refractivity contribution in [3.8, 4) is 0 Å². The first kappa shape index (κ1) is 16.7. The van der Waals surface area contributed by atoms with E-state index in [0.29, 0.717) is 0 Å². The number of carbonyl (C=O) groups excluding carboxylic acids is 1. The van der Waals surface area contributed by atoms with Gasteiger partial charge in [-0.15, -0.1) is 0 Å². The second-order valence-corrected chi connectivity index (χ2v) is 6.37. The van der Waals surface area contributed by atoms with Crippen LogP contribution in [0, 0.1) is 0 Å². The number of benzene rings is 1. The van der Waals surface area contributed by atoms with Crippen LogP contribution < -0.4 is 0 Å². The fraction of sp³-hybridized carbons (Fsp3) is 0.500. The topological polar surface area (TPSA) is 26.8 Å². The Balaban J connectivity index is 1.95. The van der Waals surface area contributed by atoms with Gasteiger partial charge in [0, 0.05) is 19.6 Å². The van der Waals surface area contributed by atoms with Crippen molar-refractivity contribution in [2.45, 2.75) is 19.9 Å². The van der Waals surface area contributed by atoms with Gasteiger partial charge in [0.2, 0.25) is 5.91 Å². The van der Waals surface area contributed by atoms with Crippen LogP contribution >= 0.6 is 0 Å². The third-order valence-electron chi connectivity index (χ3n) is 4.05. The smallest absolute Gasteiger partial charge is 0.240 e. The SMILES string of the molecule is C/C(=C\c1ccccc1)CN1CN(CCN(C)C)C(=O)C1C. The van der Waals surface area contributed by atoms with Gasteiger partial charge in [-0.1, -0.05) is 42.0 Å². The van der Waals surface area contributed by atoms with Crippen LogP contribution in [0.3, 0.4) is 0 Å². The summed E-state index contributed by atoms with van der Waals surface area (Å²) >= 11 is 0. The van der Waals surface area contributed by atoms with Gasteiger partial charge < -0.3 is 9.80 Å². The number of likely N-dealkylation sites (N-methyl/N-ethyl adjacent to an activating group) is 1. The molecule has 4 nitrogen and oxygen atoms in total. The van der Waals surface area contributed by atoms with Crippen LogP contribution in [0.15, 0.2) is 35.9 Å². The van der Waals surface area contributed by atoms with Gasteiger partial charge >= 0.3 is 0 Å². The van der Waals surface area contributed by atoms with Crippen LogP contribution in [-0.4, -0.2) is 67.0 Å². The maximum Gasteiger partial charge on any atom is 0.240 e. The normalized spacial score (nSPS) is 20.2. The average molecular weight is 301 g/mol. The van der Waals surface area contributed by atoms with Crippen LogP contribution in [0.5, 0.6) is 0 Å². The van der Waals surface area contributed by atoms with Crippen molar-refractivity contribution in [3.63, 3.8) is 0 Å². The Hall–Kier alpha value is -1.65. The van der Waals surface area contributed by atoms with E-state index in [2.05, 4.69) is 34.9 Å². The molecule has 0 aliphatic carbocycles. The molecule has 1 amide bonds. The van der Waals surface area contributed by atoms with Gasteiger partial charge in [0.05, 0.1) is 12.7 Å². The molecule has 1 aliphatic heterocycles. The Labute approximate surface area is 134 Å². The van der Waals surface area contributed by atoms with Crippen LogP contribution in [0.4, 0.5) is 0 Å². The van der Waals surface area contributed by atoms with Gasteiger partial charge in [-0.05, 0) is 33.5 Å². The molecule has 0 bridgehead atoms. The predicted molar refractivity (Wildman–Crippen MR) is 91.4 cm³/mol. The number of amides is 1. The molecule has 1 aliphatic rings. The van der Waals surface area contributed by atoms with Crippen LogP contribution in [0.2, 0.25) is 0 Å². The molecular formula is C18H27N3O. The molecule has 0 radical (unpaired) electrons. The summed E-state index contributed by atoms with van der Waals surface area (Å²) in [4.78, 5) is 18.6. The summed E-state index contributed by atoms with van der Waals surface area (Å²) in [6.45, 7) is 7.41. The molecule has 1 saturated heterocycles. The second-order valence-electron chi connectivity index (χ2n) is 6.37. The molecule has 1 atom stereocenters. The standard InChI is InChI=1S/C18H27N3O/c1-15(12-17-8-6-5-7-9-17)13-21-14-20(11-10-19(3)4)18(22)16(21)2/h5-9,12,16H,10-11,13-14H2,1-4H3/b15-12+. The van der Waals surface area contributed by atoms with Crippen molar-refractivity contribution in [1.82, 2.24) is 14.7 Å². The summed E-state index contributed by atoms with van der Waals surface area (Å²) in [7, 11) is 4.07. The second kappa shape index (κ2) is 7.56. The van der Waals surface area contributed by atoms with Crippen molar-refractivity contribution in [1.29, 1.82) is 0 Å². The van der Waals surface area contributed by atoms with E-state index in [1.807, 2.05) is 44.1 Å². The van der Waals surface area contributed by atoms with Gasteiger partial charge in [-0.25, -0.2) is 0 Å². The molecule has 2 rings (SSSR count). The van der Waals surface area contributed by atoms with E-state index in [1.54, 1.807) is 0 Å². The lowest BCUT2D eigenvalue weighted by molar-refractivity contribution is -0.128. The minimum absolute atomic E-state index is 0.0266. The molecule has 0 aromatic heterocycles. The Morgan fingerprint density at radius 1 is 1.32 bits per heavy atom. The number of rotatable bonds is 6. The zero-order chi connectivity index (χ0) is 16.1. The molecule has 1 heterocycles. The Morgan fingerprint density at radius 2 is 2.00 bits per heavy atom. The van der Waals surface area contributed by atoms with E-state index in [4.69, 9.17) is 0 Å². The maximum atomic E-state index is 12.3. The molecule has 1 fully saturated rings. The van der Waals surface area contributed by atoms with E-state index in [1.165, 1.54) is 11.1 Å². The molecule has 1 unspecified atom stereocenters. The summed E-state index contributed by atoms with van der Waals surface area (Å²) in [5.41, 5.74) is 2.49. The highest BCUT2D eigenvalue weighted by Crippen LogP contribution is 2.17. The molecule has 1 aromatic rings. The molecule has 22 heavy (non-hydrogen) atoms. The van der Waals surface area contributed by atoms with Crippen molar-refractivity contribution in [2.75, 3.05) is 40.4 Å². The van der Waals surface area contributed by atoms with E-state index in [-0.39, 0.29) is 11.9 Å². The first-order valence-corrected chi connectivity index (χ1v) is 7.87. The molecule has 1 aromatic carbocycles. The van der Waals surface area contributed by atoms with Gasteiger partial charge in [0.1, 0.15) is 0 Å². The first-order valence-electron chi connectivity index (χ1n) is 7.87. The minimum Gasteiger partial charge on any atom is -0.327 e. The van der Waals surface area contributed by atoms with Gasteiger partial charge in [0.25, 0.3) is 0 Å². The number of hydrogen-bond acceptors (Lipinski definition) is 3. The minimum atomic E-state index is -0.0266. The third kappa shape index (κ3) is 4.42. The fourth-order valence-electron chi connectivity index (χ4n) is 2.72. The highest BCUT2D eigenvalue weighted by molar-refractivity contribution is 5.83. The Bertz CT molecular complexity index is 524. The van der Waals surface area contributed by atoms with E-state index in [9.17, 15) is 4.79 Å². The molecular weight excluding hydrogens is 274 g/mol. The van der Waals surface area contributed by atoms with Crippen LogP contribution in [0.1, 0.15) is 19.4 Å². The van der Waals surface area contributed by atoms with E-state index < -0.39 is 0 Å². The van der Waals surface area contributed by atoms with Crippen molar-refractivity contribution in [2.24, 2.45) is 0 Å². The summed E-state index contributed by atoms with van der Waals surface area (Å²) in [6.07, 6.45) is 2.19. The lowest BCUT2D eigenvalue weighted by atomic mass is 10.1. The Kier molecular flexibility index (Phi) is 5.75. The van der Waals surface area contributed by atoms with Crippen molar-refractivity contribution >= 4 is 12.0 Å². The quantitative estimate of drug-likeness (QED) is 0.805. The summed E-state index contributed by atoms with van der Waals surface area (Å²) in [5.74, 6) is 0.245. The highest BCUT2D eigenvalue weighted by atomic mass is 16.2. The molecule has 4 heteroatoms. The van der Waals surface area contributed by atoms with Crippen molar-refractivity contribution < 1.29 is 4.79 Å². The summed E-state index contributed by atoms with van der Waals surface area (Å²) < 4.78 is 0. The number of nitrogens with zero attached hydrogens (tertiary/aromatic N) is 3. The lowest BCUT2D eigenvalue weighted by Crippen LogP contribution is -2.34. The van der Waals surface area contributed by atoms with Crippen LogP contribution in [0.25, 0.3) is 6.08 Å². The monoisotopic (exact) mass is 301 g/mol. The zero-order valence-electron chi connectivity index (χ0n) is 14.1. The van der Waals surface area contributed by atoms with Gasteiger partial charge in [-0.2, -0.15) is 0 Å². The lowest BCUT2D eigenvalue weighted by Gasteiger charge is -2.20. The van der Waals surface area contributed by atoms with E-state index >= 15 is 0 Å². The van der Waals surface area contributed by atoms with Crippen molar-refractivity contribution in [3.05, 3.63) is 41.5 Å². The zero-order valence-corrected chi connectivity index (χ0v) is 14.1. The molecule has 0 spiro atoms. The largest absolute Gasteiger partial charge is 0.327 e. The number of carbonyl (C=O) groups is 1. The van der Waals surface area contributed by atoms with Gasteiger partial charge in [0.15, 0.2) is 0 Å². The summed E-state index contributed by atoms with van der Waals surface area (Å²) in [5, 5.41) is 0. The summed E-state index contributed by atoms with van der Waals surface area (Å²) in [6, 6.07) is 10.3. The number of hydrogen-bond donors (Lipinski definition) is 0. The Morgan fingerprint density at radius 3 is 2.64 bits per heavy atom. The highest BCUT2D eigenvalue weighted by Gasteiger charge is 2.34. The maximum absolute atomic E-state index is 12.3. The molecule has 120 valence electrons. The fourth-order valence-corrected chi connectivity index (χ4v) is 2.72. The third-order valence-corrected chi connectivity index (χ3v) is 4.05. The molecule has 0 saturated carbocycles. The predicted octanol–water partition coefficient (Wildman–Crippen LogP) is 2.14. The van der Waals surface area contributed by atoms with Gasteiger partial charge in [-0.3, -0.25) is 9.69 Å². The average Bonchev–Trinajstić information content (AvgIpc) is 2.74. The van der Waals surface area contributed by atoms with E-state index in [0.717, 1.165) is 26.3 Å².